The van der Waals surface area contributed by atoms with Crippen LogP contribution in [0.15, 0.2) is 36.4 Å². The zero-order chi connectivity index (χ0) is 15.8. The average Bonchev–Trinajstić information content (AvgIpc) is 2.36. The molecule has 0 heterocycles. The van der Waals surface area contributed by atoms with Crippen LogP contribution >= 0.6 is 0 Å². The van der Waals surface area contributed by atoms with Crippen molar-refractivity contribution in [3.05, 3.63) is 70.0 Å². The molecule has 0 spiro atoms. The van der Waals surface area contributed by atoms with E-state index < -0.39 is 23.7 Å². The van der Waals surface area contributed by atoms with Crippen molar-refractivity contribution >= 4 is 0 Å². The van der Waals surface area contributed by atoms with Crippen molar-refractivity contribution in [3.8, 4) is 0 Å². The van der Waals surface area contributed by atoms with Gasteiger partial charge in [0.15, 0.2) is 0 Å². The molecular formula is C16H14F4O. The fourth-order valence-electron chi connectivity index (χ4n) is 2.28. The molecule has 0 aliphatic heterocycles. The minimum Gasteiger partial charge on any atom is -0.384 e. The Hall–Kier alpha value is -1.88. The number of halogens is 4. The van der Waals surface area contributed by atoms with E-state index >= 15 is 0 Å². The molecule has 5 heteroatoms. The van der Waals surface area contributed by atoms with Gasteiger partial charge < -0.3 is 5.11 Å². The summed E-state index contributed by atoms with van der Waals surface area (Å²) in [5.41, 5.74) is 0.691. The van der Waals surface area contributed by atoms with E-state index in [9.17, 15) is 22.7 Å². The van der Waals surface area contributed by atoms with Crippen molar-refractivity contribution in [3.63, 3.8) is 0 Å². The van der Waals surface area contributed by atoms with Crippen molar-refractivity contribution in [2.24, 2.45) is 0 Å². The number of benzene rings is 2. The van der Waals surface area contributed by atoms with Crippen LogP contribution in [0, 0.1) is 19.7 Å². The summed E-state index contributed by atoms with van der Waals surface area (Å²) in [5, 5.41) is 10.2. The Bertz CT molecular complexity index is 642. The van der Waals surface area contributed by atoms with Gasteiger partial charge in [-0.1, -0.05) is 29.3 Å². The lowest BCUT2D eigenvalue weighted by molar-refractivity contribution is -0.137. The molecule has 1 N–H and O–H groups in total. The van der Waals surface area contributed by atoms with E-state index in [4.69, 9.17) is 0 Å². The molecule has 0 aliphatic rings. The van der Waals surface area contributed by atoms with E-state index in [1.54, 1.807) is 26.0 Å². The molecule has 0 aliphatic carbocycles. The maximum absolute atomic E-state index is 13.8. The van der Waals surface area contributed by atoms with Crippen molar-refractivity contribution in [1.82, 2.24) is 0 Å². The highest BCUT2D eigenvalue weighted by molar-refractivity contribution is 5.38. The SMILES string of the molecule is Cc1cc(C)cc(C(O)c2cc(C(F)(F)F)ccc2F)c1. The molecule has 112 valence electrons. The van der Waals surface area contributed by atoms with Crippen LogP contribution in [0.3, 0.4) is 0 Å². The molecule has 0 radical (unpaired) electrons. The smallest absolute Gasteiger partial charge is 0.384 e. The molecule has 1 nitrogen and oxygen atoms in total. The third-order valence-corrected chi connectivity index (χ3v) is 3.18. The first kappa shape index (κ1) is 15.5. The summed E-state index contributed by atoms with van der Waals surface area (Å²) in [7, 11) is 0. The number of alkyl halides is 3. The topological polar surface area (TPSA) is 20.2 Å². The number of aliphatic hydroxyl groups excluding tert-OH is 1. The lowest BCUT2D eigenvalue weighted by Gasteiger charge is -2.16. The highest BCUT2D eigenvalue weighted by Crippen LogP contribution is 2.33. The van der Waals surface area contributed by atoms with Gasteiger partial charge in [-0.25, -0.2) is 4.39 Å². The van der Waals surface area contributed by atoms with E-state index in [0.717, 1.165) is 17.2 Å². The number of hydrogen-bond donors (Lipinski definition) is 1. The Morgan fingerprint density at radius 1 is 0.952 bits per heavy atom. The molecule has 0 saturated heterocycles. The molecule has 2 rings (SSSR count). The summed E-state index contributed by atoms with van der Waals surface area (Å²) in [6.45, 7) is 3.59. The fraction of sp³-hybridized carbons (Fsp3) is 0.250. The third-order valence-electron chi connectivity index (χ3n) is 3.18. The Labute approximate surface area is 119 Å². The molecule has 2 aromatic rings. The van der Waals surface area contributed by atoms with Crippen LogP contribution in [-0.4, -0.2) is 5.11 Å². The third kappa shape index (κ3) is 3.42. The summed E-state index contributed by atoms with van der Waals surface area (Å²) in [4.78, 5) is 0. The Kier molecular flexibility index (Phi) is 4.05. The largest absolute Gasteiger partial charge is 0.416 e. The Morgan fingerprint density at radius 3 is 2.05 bits per heavy atom. The normalized spacial score (nSPS) is 13.3. The summed E-state index contributed by atoms with van der Waals surface area (Å²) >= 11 is 0. The van der Waals surface area contributed by atoms with Gasteiger partial charge in [-0.3, -0.25) is 0 Å². The van der Waals surface area contributed by atoms with Crippen molar-refractivity contribution in [2.75, 3.05) is 0 Å². The van der Waals surface area contributed by atoms with Crippen molar-refractivity contribution in [2.45, 2.75) is 26.1 Å². The van der Waals surface area contributed by atoms with E-state index in [1.165, 1.54) is 0 Å². The lowest BCUT2D eigenvalue weighted by atomic mass is 9.96. The zero-order valence-electron chi connectivity index (χ0n) is 11.5. The van der Waals surface area contributed by atoms with Gasteiger partial charge in [0, 0.05) is 5.56 Å². The van der Waals surface area contributed by atoms with E-state index in [1.807, 2.05) is 6.07 Å². The molecule has 1 unspecified atom stereocenters. The van der Waals surface area contributed by atoms with Gasteiger partial charge in [0.05, 0.1) is 5.56 Å². The van der Waals surface area contributed by atoms with E-state index in [2.05, 4.69) is 0 Å². The van der Waals surface area contributed by atoms with Crippen LogP contribution < -0.4 is 0 Å². The molecule has 1 atom stereocenters. The molecule has 0 aromatic heterocycles. The van der Waals surface area contributed by atoms with Crippen LogP contribution in [0.4, 0.5) is 17.6 Å². The number of hydrogen-bond acceptors (Lipinski definition) is 1. The van der Waals surface area contributed by atoms with Gasteiger partial charge >= 0.3 is 6.18 Å². The number of aliphatic hydroxyl groups is 1. The standard InChI is InChI=1S/C16H14F4O/c1-9-5-10(2)7-11(6-9)15(21)13-8-12(16(18,19)20)3-4-14(13)17/h3-8,15,21H,1-2H3. The molecular weight excluding hydrogens is 284 g/mol. The minimum atomic E-state index is -4.58. The predicted molar refractivity (Wildman–Crippen MR) is 71.4 cm³/mol. The lowest BCUT2D eigenvalue weighted by Crippen LogP contribution is -2.09. The maximum Gasteiger partial charge on any atom is 0.416 e. The molecule has 0 fully saturated rings. The fourth-order valence-corrected chi connectivity index (χ4v) is 2.28. The van der Waals surface area contributed by atoms with Crippen LogP contribution in [0.1, 0.15) is 33.9 Å². The van der Waals surface area contributed by atoms with Crippen LogP contribution in [0.2, 0.25) is 0 Å². The van der Waals surface area contributed by atoms with Crippen LogP contribution in [0.5, 0.6) is 0 Å². The zero-order valence-corrected chi connectivity index (χ0v) is 11.5. The highest BCUT2D eigenvalue weighted by Gasteiger charge is 2.32. The molecule has 0 bridgehead atoms. The summed E-state index contributed by atoms with van der Waals surface area (Å²) in [5.74, 6) is -0.866. The Morgan fingerprint density at radius 2 is 1.52 bits per heavy atom. The highest BCUT2D eigenvalue weighted by atomic mass is 19.4. The first-order valence-electron chi connectivity index (χ1n) is 6.31. The van der Waals surface area contributed by atoms with Crippen LogP contribution in [-0.2, 0) is 6.18 Å². The van der Waals surface area contributed by atoms with Crippen LogP contribution in [0.25, 0.3) is 0 Å². The quantitative estimate of drug-likeness (QED) is 0.807. The summed E-state index contributed by atoms with van der Waals surface area (Å²) < 4.78 is 51.8. The number of rotatable bonds is 2. The van der Waals surface area contributed by atoms with Crippen molar-refractivity contribution < 1.29 is 22.7 Å². The van der Waals surface area contributed by atoms with Gasteiger partial charge in [-0.15, -0.1) is 0 Å². The first-order chi connectivity index (χ1) is 9.68. The van der Waals surface area contributed by atoms with E-state index in [-0.39, 0.29) is 5.56 Å². The minimum absolute atomic E-state index is 0.366. The monoisotopic (exact) mass is 298 g/mol. The van der Waals surface area contributed by atoms with E-state index in [0.29, 0.717) is 17.7 Å². The van der Waals surface area contributed by atoms with Gasteiger partial charge in [-0.05, 0) is 37.6 Å². The average molecular weight is 298 g/mol. The second-order valence-electron chi connectivity index (χ2n) is 5.06. The maximum atomic E-state index is 13.8. The van der Waals surface area contributed by atoms with Gasteiger partial charge in [0.2, 0.25) is 0 Å². The van der Waals surface area contributed by atoms with Gasteiger partial charge in [0.1, 0.15) is 11.9 Å². The molecule has 2 aromatic carbocycles. The summed E-state index contributed by atoms with van der Waals surface area (Å²) in [6.07, 6.45) is -6.02. The second-order valence-corrected chi connectivity index (χ2v) is 5.06. The predicted octanol–water partition coefficient (Wildman–Crippen LogP) is 4.54. The molecule has 0 amide bonds. The summed E-state index contributed by atoms with van der Waals surface area (Å²) in [6, 6.07) is 7.14. The van der Waals surface area contributed by atoms with Crippen molar-refractivity contribution in [1.29, 1.82) is 0 Å². The molecule has 21 heavy (non-hydrogen) atoms. The van der Waals surface area contributed by atoms with Gasteiger partial charge in [0.25, 0.3) is 0 Å². The number of aryl methyl sites for hydroxylation is 2. The molecule has 0 saturated carbocycles. The van der Waals surface area contributed by atoms with Gasteiger partial charge in [-0.2, -0.15) is 13.2 Å². The second kappa shape index (κ2) is 5.48. The Balaban J connectivity index is 2.49. The first-order valence-corrected chi connectivity index (χ1v) is 6.31.